The summed E-state index contributed by atoms with van der Waals surface area (Å²) in [5.41, 5.74) is 4.77. The number of hydrogen-bond acceptors (Lipinski definition) is 5. The van der Waals surface area contributed by atoms with E-state index in [0.29, 0.717) is 6.42 Å². The summed E-state index contributed by atoms with van der Waals surface area (Å²) in [5, 5.41) is 13.1. The minimum absolute atomic E-state index is 0.0869. The first-order valence-corrected chi connectivity index (χ1v) is 11.2. The average Bonchev–Trinajstić information content (AvgIpc) is 3.26. The molecule has 1 fully saturated rings. The van der Waals surface area contributed by atoms with Crippen LogP contribution in [0.5, 0.6) is 0 Å². The predicted molar refractivity (Wildman–Crippen MR) is 119 cm³/mol. The van der Waals surface area contributed by atoms with Gasteiger partial charge in [-0.2, -0.15) is 0 Å². The van der Waals surface area contributed by atoms with Crippen molar-refractivity contribution in [1.82, 2.24) is 15.2 Å². The molecule has 2 N–H and O–H groups in total. The number of nitrogens with zero attached hydrogens (tertiary/aromatic N) is 2. The molecular formula is C23H31N3O3S. The van der Waals surface area contributed by atoms with Gasteiger partial charge in [-0.1, -0.05) is 45.0 Å². The van der Waals surface area contributed by atoms with Crippen molar-refractivity contribution in [3.8, 4) is 10.4 Å². The van der Waals surface area contributed by atoms with Crippen LogP contribution in [0.2, 0.25) is 0 Å². The smallest absolute Gasteiger partial charge is 0.243 e. The summed E-state index contributed by atoms with van der Waals surface area (Å²) in [6.45, 7) is 10.1. The molecular weight excluding hydrogens is 398 g/mol. The molecule has 7 heteroatoms. The van der Waals surface area contributed by atoms with Crippen molar-refractivity contribution in [1.29, 1.82) is 0 Å². The van der Waals surface area contributed by atoms with Gasteiger partial charge in [-0.05, 0) is 30.4 Å². The summed E-state index contributed by atoms with van der Waals surface area (Å²) in [5.74, 6) is -0.306. The van der Waals surface area contributed by atoms with E-state index in [1.165, 1.54) is 4.90 Å². The summed E-state index contributed by atoms with van der Waals surface area (Å²) >= 11 is 1.61. The largest absolute Gasteiger partial charge is 0.391 e. The Morgan fingerprint density at radius 2 is 1.97 bits per heavy atom. The van der Waals surface area contributed by atoms with Gasteiger partial charge < -0.3 is 15.3 Å². The van der Waals surface area contributed by atoms with Crippen LogP contribution in [0.15, 0.2) is 29.8 Å². The Labute approximate surface area is 182 Å². The Morgan fingerprint density at radius 1 is 1.30 bits per heavy atom. The van der Waals surface area contributed by atoms with Gasteiger partial charge in [0, 0.05) is 19.4 Å². The molecule has 1 unspecified atom stereocenters. The highest BCUT2D eigenvalue weighted by Gasteiger charge is 2.39. The van der Waals surface area contributed by atoms with Gasteiger partial charge in [0.05, 0.1) is 28.2 Å². The third-order valence-corrected chi connectivity index (χ3v) is 6.34. The molecule has 2 amide bonds. The minimum atomic E-state index is -0.665. The Bertz CT molecular complexity index is 901. The number of aryl methyl sites for hydroxylation is 1. The van der Waals surface area contributed by atoms with E-state index in [1.807, 2.05) is 64.4 Å². The molecule has 1 saturated heterocycles. The van der Waals surface area contributed by atoms with Crippen LogP contribution in [0, 0.1) is 12.3 Å². The standard InChI is InChI=1S/C23H31N3O3S/c1-14(16-6-8-17(9-7-16)21-15(2)24-13-30-21)25-22(29)19-10-18(27)12-26(19)20(28)11-23(3,4)5/h6-9,13-14,18-19,27H,10-12H2,1-5H3,(H,25,29)/t14-,18?,19-/m0/s1. The lowest BCUT2D eigenvalue weighted by atomic mass is 9.91. The highest BCUT2D eigenvalue weighted by Crippen LogP contribution is 2.29. The van der Waals surface area contributed by atoms with Crippen molar-refractivity contribution in [3.05, 3.63) is 41.0 Å². The molecule has 0 bridgehead atoms. The van der Waals surface area contributed by atoms with Crippen LogP contribution in [0.1, 0.15) is 57.8 Å². The minimum Gasteiger partial charge on any atom is -0.391 e. The molecule has 1 aromatic heterocycles. The number of aliphatic hydroxyl groups excluding tert-OH is 1. The van der Waals surface area contributed by atoms with Crippen molar-refractivity contribution in [3.63, 3.8) is 0 Å². The van der Waals surface area contributed by atoms with E-state index in [4.69, 9.17) is 0 Å². The molecule has 1 aromatic carbocycles. The fourth-order valence-electron chi connectivity index (χ4n) is 3.79. The van der Waals surface area contributed by atoms with Crippen LogP contribution in [-0.2, 0) is 9.59 Å². The zero-order valence-electron chi connectivity index (χ0n) is 18.3. The number of amides is 2. The van der Waals surface area contributed by atoms with E-state index >= 15 is 0 Å². The highest BCUT2D eigenvalue weighted by molar-refractivity contribution is 7.13. The van der Waals surface area contributed by atoms with Gasteiger partial charge in [0.15, 0.2) is 0 Å². The zero-order chi connectivity index (χ0) is 22.1. The van der Waals surface area contributed by atoms with Gasteiger partial charge in [0.1, 0.15) is 6.04 Å². The monoisotopic (exact) mass is 429 g/mol. The Kier molecular flexibility index (Phi) is 6.62. The van der Waals surface area contributed by atoms with Gasteiger partial charge >= 0.3 is 0 Å². The molecule has 0 saturated carbocycles. The molecule has 1 aliphatic rings. The summed E-state index contributed by atoms with van der Waals surface area (Å²) in [6, 6.07) is 7.26. The lowest BCUT2D eigenvalue weighted by Crippen LogP contribution is -2.47. The van der Waals surface area contributed by atoms with Gasteiger partial charge in [0.2, 0.25) is 11.8 Å². The Morgan fingerprint density at radius 3 is 2.53 bits per heavy atom. The van der Waals surface area contributed by atoms with E-state index in [0.717, 1.165) is 21.7 Å². The number of nitrogens with one attached hydrogen (secondary N) is 1. The maximum absolute atomic E-state index is 12.9. The third-order valence-electron chi connectivity index (χ3n) is 5.36. The first kappa shape index (κ1) is 22.4. The fourth-order valence-corrected chi connectivity index (χ4v) is 4.60. The van der Waals surface area contributed by atoms with Crippen molar-refractivity contribution in [2.45, 2.75) is 65.6 Å². The molecule has 0 radical (unpaired) electrons. The normalized spacial score (nSPS) is 20.3. The fraction of sp³-hybridized carbons (Fsp3) is 0.522. The van der Waals surface area contributed by atoms with Crippen LogP contribution < -0.4 is 5.32 Å². The summed E-state index contributed by atoms with van der Waals surface area (Å²) in [7, 11) is 0. The Hall–Kier alpha value is -2.25. The predicted octanol–water partition coefficient (Wildman–Crippen LogP) is 3.69. The molecule has 2 aromatic rings. The van der Waals surface area contributed by atoms with Crippen molar-refractivity contribution in [2.24, 2.45) is 5.41 Å². The van der Waals surface area contributed by atoms with Crippen molar-refractivity contribution < 1.29 is 14.7 Å². The number of carbonyl (C=O) groups excluding carboxylic acids is 2. The summed E-state index contributed by atoms with van der Waals surface area (Å²) in [4.78, 5) is 32.6. The topological polar surface area (TPSA) is 82.5 Å². The van der Waals surface area contributed by atoms with E-state index in [9.17, 15) is 14.7 Å². The van der Waals surface area contributed by atoms with Gasteiger partial charge in [0.25, 0.3) is 0 Å². The molecule has 30 heavy (non-hydrogen) atoms. The van der Waals surface area contributed by atoms with Gasteiger partial charge in [-0.15, -0.1) is 11.3 Å². The summed E-state index contributed by atoms with van der Waals surface area (Å²) in [6.07, 6.45) is -0.0443. The van der Waals surface area contributed by atoms with Gasteiger partial charge in [-0.25, -0.2) is 4.98 Å². The number of β-amino-alcohol motifs (C(OH)–C–C–N with tert-alkyl or cyclic N) is 1. The first-order chi connectivity index (χ1) is 14.0. The molecule has 6 nitrogen and oxygen atoms in total. The second-order valence-electron chi connectivity index (χ2n) is 9.31. The number of rotatable bonds is 5. The van der Waals surface area contributed by atoms with Crippen LogP contribution in [-0.4, -0.2) is 45.5 Å². The molecule has 0 aliphatic carbocycles. The van der Waals surface area contributed by atoms with Crippen molar-refractivity contribution in [2.75, 3.05) is 6.54 Å². The third kappa shape index (κ3) is 5.26. The van der Waals surface area contributed by atoms with Crippen LogP contribution >= 0.6 is 11.3 Å². The molecule has 3 atom stereocenters. The van der Waals surface area contributed by atoms with Crippen LogP contribution in [0.25, 0.3) is 10.4 Å². The second-order valence-corrected chi connectivity index (χ2v) is 10.2. The number of thiazole rings is 1. The van der Waals surface area contributed by atoms with Gasteiger partial charge in [-0.3, -0.25) is 9.59 Å². The van der Waals surface area contributed by atoms with E-state index in [2.05, 4.69) is 10.3 Å². The molecule has 0 spiro atoms. The molecule has 3 rings (SSSR count). The number of benzene rings is 1. The first-order valence-electron chi connectivity index (χ1n) is 10.3. The van der Waals surface area contributed by atoms with E-state index in [1.54, 1.807) is 11.3 Å². The second kappa shape index (κ2) is 8.86. The quantitative estimate of drug-likeness (QED) is 0.759. The molecule has 2 heterocycles. The maximum Gasteiger partial charge on any atom is 0.243 e. The van der Waals surface area contributed by atoms with Crippen LogP contribution in [0.3, 0.4) is 0 Å². The number of aliphatic hydroxyl groups is 1. The van der Waals surface area contributed by atoms with E-state index in [-0.39, 0.29) is 36.2 Å². The number of likely N-dealkylation sites (tertiary alicyclic amines) is 1. The molecule has 162 valence electrons. The highest BCUT2D eigenvalue weighted by atomic mass is 32.1. The lowest BCUT2D eigenvalue weighted by Gasteiger charge is -2.28. The van der Waals surface area contributed by atoms with Crippen molar-refractivity contribution >= 4 is 23.2 Å². The average molecular weight is 430 g/mol. The zero-order valence-corrected chi connectivity index (χ0v) is 19.1. The van der Waals surface area contributed by atoms with E-state index < -0.39 is 12.1 Å². The lowest BCUT2D eigenvalue weighted by molar-refractivity contribution is -0.140. The summed E-state index contributed by atoms with van der Waals surface area (Å²) < 4.78 is 0. The SMILES string of the molecule is Cc1ncsc1-c1ccc([C@H](C)NC(=O)[C@@H]2CC(O)CN2C(=O)CC(C)(C)C)cc1. The maximum atomic E-state index is 12.9. The molecule has 1 aliphatic heterocycles. The van der Waals surface area contributed by atoms with Crippen LogP contribution in [0.4, 0.5) is 0 Å². The number of aromatic nitrogens is 1. The number of hydrogen-bond donors (Lipinski definition) is 2. The number of carbonyl (C=O) groups is 2. The Balaban J connectivity index is 1.66.